The van der Waals surface area contributed by atoms with Gasteiger partial charge in [0, 0.05) is 38.6 Å². The van der Waals surface area contributed by atoms with Crippen LogP contribution in [0.3, 0.4) is 0 Å². The average molecular weight is 458 g/mol. The van der Waals surface area contributed by atoms with Crippen molar-refractivity contribution in [3.63, 3.8) is 0 Å². The molecule has 2 heterocycles. The van der Waals surface area contributed by atoms with Gasteiger partial charge in [-0.15, -0.1) is 0 Å². The second kappa shape index (κ2) is 9.92. The van der Waals surface area contributed by atoms with Crippen LogP contribution in [-0.4, -0.2) is 56.9 Å². The molecule has 32 heavy (non-hydrogen) atoms. The number of piperidine rings is 1. The van der Waals surface area contributed by atoms with Crippen LogP contribution in [0.2, 0.25) is 0 Å². The van der Waals surface area contributed by atoms with Gasteiger partial charge in [-0.3, -0.25) is 0 Å². The van der Waals surface area contributed by atoms with Crippen LogP contribution in [0.15, 0.2) is 53.4 Å². The van der Waals surface area contributed by atoms with E-state index >= 15 is 0 Å². The molecule has 2 amide bonds. The topological polar surface area (TPSA) is 79.0 Å². The highest BCUT2D eigenvalue weighted by atomic mass is 32.2. The molecule has 0 aromatic heterocycles. The minimum atomic E-state index is -3.43. The molecular weight excluding hydrogens is 426 g/mol. The third-order valence-electron chi connectivity index (χ3n) is 6.38. The van der Waals surface area contributed by atoms with Crippen molar-refractivity contribution in [2.75, 3.05) is 33.3 Å². The van der Waals surface area contributed by atoms with Gasteiger partial charge >= 0.3 is 6.03 Å². The van der Waals surface area contributed by atoms with Gasteiger partial charge in [-0.05, 0) is 54.7 Å². The van der Waals surface area contributed by atoms with Crippen molar-refractivity contribution in [2.24, 2.45) is 0 Å². The molecule has 2 aliphatic heterocycles. The van der Waals surface area contributed by atoms with Crippen LogP contribution in [0.25, 0.3) is 0 Å². The molecule has 7 nitrogen and oxygen atoms in total. The molecule has 1 N–H and O–H groups in total. The number of benzene rings is 2. The van der Waals surface area contributed by atoms with E-state index in [4.69, 9.17) is 4.74 Å². The first-order valence-corrected chi connectivity index (χ1v) is 12.7. The van der Waals surface area contributed by atoms with Gasteiger partial charge in [0.1, 0.15) is 5.75 Å². The molecule has 2 aliphatic rings. The van der Waals surface area contributed by atoms with E-state index in [-0.39, 0.29) is 6.03 Å². The van der Waals surface area contributed by atoms with Crippen molar-refractivity contribution in [3.8, 4) is 5.75 Å². The Morgan fingerprint density at radius 3 is 2.34 bits per heavy atom. The van der Waals surface area contributed by atoms with Gasteiger partial charge in [-0.1, -0.05) is 30.7 Å². The predicted molar refractivity (Wildman–Crippen MR) is 123 cm³/mol. The molecule has 172 valence electrons. The Bertz CT molecular complexity index is 1020. The monoisotopic (exact) mass is 457 g/mol. The number of rotatable bonds is 6. The SMILES string of the molecule is COc1ccc(C2CCN(C(=O)NCc3ccc(S(=O)(=O)N4CCCCC4)cc3)C2)cc1. The van der Waals surface area contributed by atoms with Crippen LogP contribution in [0, 0.1) is 0 Å². The van der Waals surface area contributed by atoms with Gasteiger partial charge in [0.25, 0.3) is 0 Å². The van der Waals surface area contributed by atoms with E-state index in [2.05, 4.69) is 17.4 Å². The van der Waals surface area contributed by atoms with Crippen molar-refractivity contribution in [1.82, 2.24) is 14.5 Å². The Hall–Kier alpha value is -2.58. The Balaban J connectivity index is 1.29. The fourth-order valence-electron chi connectivity index (χ4n) is 4.42. The first-order valence-electron chi connectivity index (χ1n) is 11.2. The third-order valence-corrected chi connectivity index (χ3v) is 8.30. The number of ether oxygens (including phenoxy) is 1. The Labute approximate surface area is 190 Å². The number of carbonyl (C=O) groups excluding carboxylic acids is 1. The van der Waals surface area contributed by atoms with Gasteiger partial charge in [-0.25, -0.2) is 13.2 Å². The molecule has 4 rings (SSSR count). The molecule has 0 bridgehead atoms. The van der Waals surface area contributed by atoms with Crippen LogP contribution in [0.1, 0.15) is 42.7 Å². The highest BCUT2D eigenvalue weighted by Gasteiger charge is 2.28. The number of hydrogen-bond donors (Lipinski definition) is 1. The maximum absolute atomic E-state index is 12.8. The normalized spacial score (nSPS) is 19.7. The van der Waals surface area contributed by atoms with Crippen molar-refractivity contribution in [1.29, 1.82) is 0 Å². The maximum atomic E-state index is 12.8. The summed E-state index contributed by atoms with van der Waals surface area (Å²) in [5.41, 5.74) is 2.09. The summed E-state index contributed by atoms with van der Waals surface area (Å²) in [7, 11) is -1.78. The minimum Gasteiger partial charge on any atom is -0.497 e. The summed E-state index contributed by atoms with van der Waals surface area (Å²) >= 11 is 0. The molecule has 1 unspecified atom stereocenters. The Kier molecular flexibility index (Phi) is 7.01. The summed E-state index contributed by atoms with van der Waals surface area (Å²) in [6, 6.07) is 14.8. The van der Waals surface area contributed by atoms with E-state index in [1.165, 1.54) is 5.56 Å². The van der Waals surface area contributed by atoms with Crippen molar-refractivity contribution in [2.45, 2.75) is 43.0 Å². The average Bonchev–Trinajstić information content (AvgIpc) is 3.34. The van der Waals surface area contributed by atoms with Crippen molar-refractivity contribution < 1.29 is 17.9 Å². The predicted octanol–water partition coefficient (Wildman–Crippen LogP) is 3.57. The minimum absolute atomic E-state index is 0.0916. The largest absolute Gasteiger partial charge is 0.497 e. The van der Waals surface area contributed by atoms with E-state index in [1.807, 2.05) is 17.0 Å². The second-order valence-corrected chi connectivity index (χ2v) is 10.4. The van der Waals surface area contributed by atoms with E-state index in [0.717, 1.165) is 43.5 Å². The van der Waals surface area contributed by atoms with Crippen LogP contribution >= 0.6 is 0 Å². The first kappa shape index (κ1) is 22.6. The van der Waals surface area contributed by atoms with Gasteiger partial charge < -0.3 is 15.0 Å². The van der Waals surface area contributed by atoms with E-state index < -0.39 is 10.0 Å². The number of hydrogen-bond acceptors (Lipinski definition) is 4. The molecule has 2 aromatic rings. The molecule has 1 atom stereocenters. The van der Waals surface area contributed by atoms with Gasteiger partial charge in [0.05, 0.1) is 12.0 Å². The summed E-state index contributed by atoms with van der Waals surface area (Å²) in [5.74, 6) is 1.15. The third kappa shape index (κ3) is 5.07. The summed E-state index contributed by atoms with van der Waals surface area (Å²) in [6.45, 7) is 2.95. The van der Waals surface area contributed by atoms with E-state index in [1.54, 1.807) is 35.7 Å². The van der Waals surface area contributed by atoms with Crippen molar-refractivity contribution >= 4 is 16.1 Å². The zero-order valence-corrected chi connectivity index (χ0v) is 19.3. The number of sulfonamides is 1. The van der Waals surface area contributed by atoms with Gasteiger partial charge in [-0.2, -0.15) is 4.31 Å². The number of urea groups is 1. The van der Waals surface area contributed by atoms with Crippen LogP contribution in [-0.2, 0) is 16.6 Å². The lowest BCUT2D eigenvalue weighted by molar-refractivity contribution is 0.208. The molecule has 2 saturated heterocycles. The summed E-state index contributed by atoms with van der Waals surface area (Å²) in [4.78, 5) is 14.8. The summed E-state index contributed by atoms with van der Waals surface area (Å²) < 4.78 is 32.3. The molecule has 8 heteroatoms. The van der Waals surface area contributed by atoms with E-state index in [0.29, 0.717) is 37.0 Å². The molecule has 0 radical (unpaired) electrons. The first-order chi connectivity index (χ1) is 15.5. The van der Waals surface area contributed by atoms with Gasteiger partial charge in [0.2, 0.25) is 10.0 Å². The Morgan fingerprint density at radius 1 is 1.00 bits per heavy atom. The number of carbonyl (C=O) groups is 1. The lowest BCUT2D eigenvalue weighted by Crippen LogP contribution is -2.38. The zero-order valence-electron chi connectivity index (χ0n) is 18.5. The standard InChI is InChI=1S/C24H31N3O4S/c1-31-22-9-7-20(8-10-22)21-13-16-26(18-21)24(28)25-17-19-5-11-23(12-6-19)32(29,30)27-14-3-2-4-15-27/h5-12,21H,2-4,13-18H2,1H3,(H,25,28). The number of likely N-dealkylation sites (tertiary alicyclic amines) is 1. The molecule has 0 spiro atoms. The fourth-order valence-corrected chi connectivity index (χ4v) is 5.93. The molecular formula is C24H31N3O4S. The number of methoxy groups -OCH3 is 1. The maximum Gasteiger partial charge on any atom is 0.317 e. The van der Waals surface area contributed by atoms with Crippen molar-refractivity contribution in [3.05, 3.63) is 59.7 Å². The highest BCUT2D eigenvalue weighted by molar-refractivity contribution is 7.89. The molecule has 0 aliphatic carbocycles. The zero-order chi connectivity index (χ0) is 22.6. The molecule has 2 fully saturated rings. The van der Waals surface area contributed by atoms with Crippen LogP contribution in [0.5, 0.6) is 5.75 Å². The quantitative estimate of drug-likeness (QED) is 0.719. The summed E-state index contributed by atoms with van der Waals surface area (Å²) in [5, 5.41) is 2.96. The summed E-state index contributed by atoms with van der Waals surface area (Å²) in [6.07, 6.45) is 3.85. The Morgan fingerprint density at radius 2 is 1.69 bits per heavy atom. The van der Waals surface area contributed by atoms with E-state index in [9.17, 15) is 13.2 Å². The number of amides is 2. The molecule has 2 aromatic carbocycles. The fraction of sp³-hybridized carbons (Fsp3) is 0.458. The van der Waals surface area contributed by atoms with Crippen LogP contribution < -0.4 is 10.1 Å². The molecule has 0 saturated carbocycles. The van der Waals surface area contributed by atoms with Crippen LogP contribution in [0.4, 0.5) is 4.79 Å². The lowest BCUT2D eigenvalue weighted by Gasteiger charge is -2.25. The number of nitrogens with zero attached hydrogens (tertiary/aromatic N) is 2. The van der Waals surface area contributed by atoms with Gasteiger partial charge in [0.15, 0.2) is 0 Å². The smallest absolute Gasteiger partial charge is 0.317 e. The number of nitrogens with one attached hydrogen (secondary N) is 1. The highest BCUT2D eigenvalue weighted by Crippen LogP contribution is 2.28. The second-order valence-electron chi connectivity index (χ2n) is 8.47. The lowest BCUT2D eigenvalue weighted by atomic mass is 9.98.